The van der Waals surface area contributed by atoms with Crippen molar-refractivity contribution in [1.82, 2.24) is 9.97 Å². The van der Waals surface area contributed by atoms with Gasteiger partial charge in [0.2, 0.25) is 5.91 Å². The Hall–Kier alpha value is -2.43. The Morgan fingerprint density at radius 2 is 1.73 bits per heavy atom. The molecule has 0 saturated heterocycles. The molecule has 1 aromatic heterocycles. The molecule has 0 radical (unpaired) electrons. The van der Waals surface area contributed by atoms with E-state index >= 15 is 0 Å². The summed E-state index contributed by atoms with van der Waals surface area (Å²) in [6.07, 6.45) is 8.61. The Morgan fingerprint density at radius 1 is 1.05 bits per heavy atom. The van der Waals surface area contributed by atoms with Crippen LogP contribution in [0.2, 0.25) is 0 Å². The Labute approximate surface area is 129 Å². The summed E-state index contributed by atoms with van der Waals surface area (Å²) in [6.45, 7) is 0. The third-order valence-electron chi connectivity index (χ3n) is 3.82. The molecule has 0 aliphatic heterocycles. The van der Waals surface area contributed by atoms with Gasteiger partial charge in [-0.05, 0) is 25.0 Å². The number of ether oxygens (including phenoxy) is 1. The van der Waals surface area contributed by atoms with Crippen LogP contribution in [0.25, 0.3) is 0 Å². The molecule has 5 nitrogen and oxygen atoms in total. The maximum atomic E-state index is 12.1. The van der Waals surface area contributed by atoms with Crippen LogP contribution in [0.5, 0.6) is 11.8 Å². The first-order chi connectivity index (χ1) is 10.8. The third kappa shape index (κ3) is 3.81. The van der Waals surface area contributed by atoms with Crippen LogP contribution in [0.4, 0.5) is 5.69 Å². The molecule has 5 heteroatoms. The molecule has 1 aliphatic carbocycles. The summed E-state index contributed by atoms with van der Waals surface area (Å²) in [5.74, 6) is 0.871. The molecule has 0 spiro atoms. The van der Waals surface area contributed by atoms with E-state index in [1.54, 1.807) is 12.4 Å². The minimum Gasteiger partial charge on any atom is -0.424 e. The molecule has 1 aromatic carbocycles. The summed E-state index contributed by atoms with van der Waals surface area (Å²) in [7, 11) is 0. The van der Waals surface area contributed by atoms with E-state index in [4.69, 9.17) is 4.74 Å². The molecule has 0 bridgehead atoms. The number of para-hydroxylation sites is 1. The summed E-state index contributed by atoms with van der Waals surface area (Å²) in [4.78, 5) is 20.4. The fourth-order valence-corrected chi connectivity index (χ4v) is 2.64. The van der Waals surface area contributed by atoms with Gasteiger partial charge in [-0.3, -0.25) is 4.79 Å². The lowest BCUT2D eigenvalue weighted by Gasteiger charge is -2.20. The Balaban J connectivity index is 1.58. The number of aromatic nitrogens is 2. The van der Waals surface area contributed by atoms with Crippen LogP contribution in [-0.4, -0.2) is 15.9 Å². The van der Waals surface area contributed by atoms with E-state index in [2.05, 4.69) is 15.3 Å². The molecule has 0 atom stereocenters. The van der Waals surface area contributed by atoms with Crippen molar-refractivity contribution >= 4 is 11.6 Å². The monoisotopic (exact) mass is 297 g/mol. The van der Waals surface area contributed by atoms with Gasteiger partial charge in [-0.2, -0.15) is 0 Å². The van der Waals surface area contributed by atoms with E-state index in [0.717, 1.165) is 25.7 Å². The van der Waals surface area contributed by atoms with Gasteiger partial charge in [-0.1, -0.05) is 37.5 Å². The topological polar surface area (TPSA) is 64.1 Å². The summed E-state index contributed by atoms with van der Waals surface area (Å²) in [5.41, 5.74) is 0.607. The second-order valence-electron chi connectivity index (χ2n) is 5.49. The molecule has 0 unspecified atom stereocenters. The molecule has 1 N–H and O–H groups in total. The lowest BCUT2D eigenvalue weighted by Crippen LogP contribution is -2.24. The summed E-state index contributed by atoms with van der Waals surface area (Å²) < 4.78 is 5.52. The molecule has 1 amide bonds. The minimum atomic E-state index is 0.0695. The zero-order valence-corrected chi connectivity index (χ0v) is 12.4. The zero-order chi connectivity index (χ0) is 15.2. The molecule has 1 fully saturated rings. The molecule has 1 saturated carbocycles. The highest BCUT2D eigenvalue weighted by molar-refractivity contribution is 5.92. The molecule has 3 rings (SSSR count). The predicted octanol–water partition coefficient (Wildman–Crippen LogP) is 3.79. The van der Waals surface area contributed by atoms with E-state index in [1.165, 1.54) is 6.42 Å². The molecule has 114 valence electrons. The average Bonchev–Trinajstić information content (AvgIpc) is 2.58. The lowest BCUT2D eigenvalue weighted by atomic mass is 9.89. The van der Waals surface area contributed by atoms with Crippen molar-refractivity contribution in [3.63, 3.8) is 0 Å². The normalized spacial score (nSPS) is 15.3. The van der Waals surface area contributed by atoms with Crippen LogP contribution in [0.1, 0.15) is 32.1 Å². The van der Waals surface area contributed by atoms with Crippen LogP contribution >= 0.6 is 0 Å². The van der Waals surface area contributed by atoms with Crippen molar-refractivity contribution in [1.29, 1.82) is 0 Å². The number of nitrogens with one attached hydrogen (secondary N) is 1. The zero-order valence-electron chi connectivity index (χ0n) is 12.4. The van der Waals surface area contributed by atoms with Gasteiger partial charge in [-0.25, -0.2) is 9.97 Å². The van der Waals surface area contributed by atoms with E-state index in [0.29, 0.717) is 11.4 Å². The summed E-state index contributed by atoms with van der Waals surface area (Å²) >= 11 is 0. The van der Waals surface area contributed by atoms with Crippen molar-refractivity contribution in [2.75, 3.05) is 5.32 Å². The number of hydrogen-bond acceptors (Lipinski definition) is 4. The molecule has 22 heavy (non-hydrogen) atoms. The molecule has 1 heterocycles. The van der Waals surface area contributed by atoms with Crippen LogP contribution in [0.3, 0.4) is 0 Å². The number of rotatable bonds is 4. The minimum absolute atomic E-state index is 0.0695. The molecule has 2 aromatic rings. The standard InChI is InChI=1S/C17H19N3O2/c21-16(13-7-3-1-4-8-13)20-14-11-18-17(19-12-14)22-15-9-5-2-6-10-15/h2,5-6,9-13H,1,3-4,7-8H2,(H,20,21). The van der Waals surface area contributed by atoms with Gasteiger partial charge in [0, 0.05) is 5.92 Å². The van der Waals surface area contributed by atoms with Gasteiger partial charge in [0.25, 0.3) is 0 Å². The maximum Gasteiger partial charge on any atom is 0.322 e. The number of carbonyl (C=O) groups excluding carboxylic acids is 1. The molecular weight excluding hydrogens is 278 g/mol. The number of nitrogens with zero attached hydrogens (tertiary/aromatic N) is 2. The van der Waals surface area contributed by atoms with Gasteiger partial charge in [0.1, 0.15) is 5.75 Å². The average molecular weight is 297 g/mol. The summed E-state index contributed by atoms with van der Waals surface area (Å²) in [5, 5.41) is 2.88. The first-order valence-electron chi connectivity index (χ1n) is 7.67. The van der Waals surface area contributed by atoms with Crippen LogP contribution < -0.4 is 10.1 Å². The predicted molar refractivity (Wildman–Crippen MR) is 83.8 cm³/mol. The second-order valence-corrected chi connectivity index (χ2v) is 5.49. The molecular formula is C17H19N3O2. The SMILES string of the molecule is O=C(Nc1cnc(Oc2ccccc2)nc1)C1CCCCC1. The van der Waals surface area contributed by atoms with Crippen molar-refractivity contribution in [3.8, 4) is 11.8 Å². The number of hydrogen-bond donors (Lipinski definition) is 1. The van der Waals surface area contributed by atoms with E-state index < -0.39 is 0 Å². The van der Waals surface area contributed by atoms with Gasteiger partial charge < -0.3 is 10.1 Å². The lowest BCUT2D eigenvalue weighted by molar-refractivity contribution is -0.120. The van der Waals surface area contributed by atoms with Crippen molar-refractivity contribution in [2.45, 2.75) is 32.1 Å². The largest absolute Gasteiger partial charge is 0.424 e. The Morgan fingerprint density at radius 3 is 2.41 bits per heavy atom. The fraction of sp³-hybridized carbons (Fsp3) is 0.353. The van der Waals surface area contributed by atoms with Gasteiger partial charge in [0.15, 0.2) is 0 Å². The number of carbonyl (C=O) groups is 1. The number of benzene rings is 1. The highest BCUT2D eigenvalue weighted by atomic mass is 16.5. The first-order valence-corrected chi connectivity index (χ1v) is 7.67. The van der Waals surface area contributed by atoms with Crippen molar-refractivity contribution in [3.05, 3.63) is 42.7 Å². The van der Waals surface area contributed by atoms with Gasteiger partial charge >= 0.3 is 6.01 Å². The van der Waals surface area contributed by atoms with E-state index in [1.807, 2.05) is 30.3 Å². The Bertz CT molecular complexity index is 608. The van der Waals surface area contributed by atoms with Gasteiger partial charge in [-0.15, -0.1) is 0 Å². The third-order valence-corrected chi connectivity index (χ3v) is 3.82. The number of anilines is 1. The fourth-order valence-electron chi connectivity index (χ4n) is 2.64. The van der Waals surface area contributed by atoms with Crippen LogP contribution in [-0.2, 0) is 4.79 Å². The van der Waals surface area contributed by atoms with E-state index in [-0.39, 0.29) is 17.8 Å². The highest BCUT2D eigenvalue weighted by Crippen LogP contribution is 2.25. The van der Waals surface area contributed by atoms with Gasteiger partial charge in [0.05, 0.1) is 18.1 Å². The smallest absolute Gasteiger partial charge is 0.322 e. The van der Waals surface area contributed by atoms with Crippen molar-refractivity contribution < 1.29 is 9.53 Å². The van der Waals surface area contributed by atoms with Crippen LogP contribution in [0.15, 0.2) is 42.7 Å². The number of amides is 1. The maximum absolute atomic E-state index is 12.1. The van der Waals surface area contributed by atoms with Crippen molar-refractivity contribution in [2.24, 2.45) is 5.92 Å². The summed E-state index contributed by atoms with van der Waals surface area (Å²) in [6, 6.07) is 9.62. The first kappa shape index (κ1) is 14.5. The molecule has 1 aliphatic rings. The van der Waals surface area contributed by atoms with E-state index in [9.17, 15) is 4.79 Å². The van der Waals surface area contributed by atoms with Crippen LogP contribution in [0, 0.1) is 5.92 Å². The quantitative estimate of drug-likeness (QED) is 0.932. The Kier molecular flexibility index (Phi) is 4.63. The highest BCUT2D eigenvalue weighted by Gasteiger charge is 2.21. The second kappa shape index (κ2) is 7.02.